The van der Waals surface area contributed by atoms with Crippen LogP contribution in [0.5, 0.6) is 5.75 Å². The van der Waals surface area contributed by atoms with E-state index in [-0.39, 0.29) is 0 Å². The number of nitrogens with one attached hydrogen (secondary N) is 2. The van der Waals surface area contributed by atoms with E-state index < -0.39 is 11.8 Å². The summed E-state index contributed by atoms with van der Waals surface area (Å²) in [6.45, 7) is 3.12. The minimum Gasteiger partial charge on any atom is -0.494 e. The van der Waals surface area contributed by atoms with Crippen molar-refractivity contribution in [3.05, 3.63) is 54.4 Å². The molecule has 0 atom stereocenters. The molecule has 0 bridgehead atoms. The van der Waals surface area contributed by atoms with Crippen molar-refractivity contribution in [2.75, 3.05) is 18.5 Å². The minimum atomic E-state index is -0.694. The van der Waals surface area contributed by atoms with Crippen LogP contribution >= 0.6 is 0 Å². The molecule has 2 N–H and O–H groups in total. The average molecular weight is 341 g/mol. The highest BCUT2D eigenvalue weighted by Crippen LogP contribution is 2.15. The molecule has 0 saturated heterocycles. The lowest BCUT2D eigenvalue weighted by Crippen LogP contribution is -2.36. The van der Waals surface area contributed by atoms with Gasteiger partial charge in [0.1, 0.15) is 5.75 Å². The molecule has 0 spiro atoms. The van der Waals surface area contributed by atoms with Crippen LogP contribution in [-0.4, -0.2) is 29.9 Å². The fourth-order valence-electron chi connectivity index (χ4n) is 2.09. The van der Waals surface area contributed by atoms with Gasteiger partial charge >= 0.3 is 11.8 Å². The van der Waals surface area contributed by atoms with Crippen LogP contribution in [0.3, 0.4) is 0 Å². The van der Waals surface area contributed by atoms with Crippen LogP contribution in [0.25, 0.3) is 0 Å². The fourth-order valence-corrected chi connectivity index (χ4v) is 2.09. The van der Waals surface area contributed by atoms with Gasteiger partial charge in [0.2, 0.25) is 0 Å². The van der Waals surface area contributed by atoms with Gasteiger partial charge in [0.15, 0.2) is 0 Å². The summed E-state index contributed by atoms with van der Waals surface area (Å²) in [6.07, 6.45) is 4.34. The molecule has 25 heavy (non-hydrogen) atoms. The molecule has 6 nitrogen and oxygen atoms in total. The number of nitrogens with zero attached hydrogens (tertiary/aromatic N) is 1. The second-order valence-corrected chi connectivity index (χ2v) is 5.51. The van der Waals surface area contributed by atoms with Gasteiger partial charge in [-0.3, -0.25) is 14.6 Å². The lowest BCUT2D eigenvalue weighted by atomic mass is 10.2. The van der Waals surface area contributed by atoms with Crippen molar-refractivity contribution in [2.45, 2.75) is 26.2 Å². The van der Waals surface area contributed by atoms with Crippen LogP contribution in [0.4, 0.5) is 5.69 Å². The van der Waals surface area contributed by atoms with Crippen molar-refractivity contribution in [2.24, 2.45) is 0 Å². The van der Waals surface area contributed by atoms with E-state index in [1.165, 1.54) is 0 Å². The number of pyridine rings is 1. The number of rotatable bonds is 8. The Hall–Kier alpha value is -2.89. The summed E-state index contributed by atoms with van der Waals surface area (Å²) in [7, 11) is 0. The molecule has 132 valence electrons. The van der Waals surface area contributed by atoms with Gasteiger partial charge in [-0.05, 0) is 42.8 Å². The van der Waals surface area contributed by atoms with Gasteiger partial charge in [-0.1, -0.05) is 19.4 Å². The number of hydrogen-bond acceptors (Lipinski definition) is 4. The number of amides is 2. The molecule has 0 radical (unpaired) electrons. The summed E-state index contributed by atoms with van der Waals surface area (Å²) in [6, 6.07) is 12.5. The third kappa shape index (κ3) is 6.63. The molecule has 6 heteroatoms. The highest BCUT2D eigenvalue weighted by atomic mass is 16.5. The van der Waals surface area contributed by atoms with Gasteiger partial charge < -0.3 is 15.4 Å². The molecule has 0 aliphatic rings. The third-order valence-electron chi connectivity index (χ3n) is 3.48. The molecule has 0 saturated carbocycles. The molecular formula is C19H23N3O3. The monoisotopic (exact) mass is 341 g/mol. The van der Waals surface area contributed by atoms with Gasteiger partial charge in [-0.15, -0.1) is 0 Å². The number of hydrogen-bond donors (Lipinski definition) is 2. The second-order valence-electron chi connectivity index (χ2n) is 5.51. The average Bonchev–Trinajstić information content (AvgIpc) is 2.64. The Morgan fingerprint density at radius 3 is 2.56 bits per heavy atom. The van der Waals surface area contributed by atoms with E-state index in [9.17, 15) is 9.59 Å². The van der Waals surface area contributed by atoms with E-state index in [1.807, 2.05) is 18.2 Å². The molecule has 2 amide bonds. The van der Waals surface area contributed by atoms with Crippen molar-refractivity contribution in [1.82, 2.24) is 10.3 Å². The maximum atomic E-state index is 11.9. The van der Waals surface area contributed by atoms with E-state index in [2.05, 4.69) is 22.5 Å². The van der Waals surface area contributed by atoms with E-state index in [4.69, 9.17) is 4.74 Å². The number of unbranched alkanes of at least 4 members (excludes halogenated alkanes) is 1. The summed E-state index contributed by atoms with van der Waals surface area (Å²) < 4.78 is 5.55. The van der Waals surface area contributed by atoms with E-state index in [1.54, 1.807) is 30.5 Å². The van der Waals surface area contributed by atoms with Crippen molar-refractivity contribution < 1.29 is 14.3 Å². The zero-order valence-electron chi connectivity index (χ0n) is 14.3. The summed E-state index contributed by atoms with van der Waals surface area (Å²) in [4.78, 5) is 27.9. The highest BCUT2D eigenvalue weighted by molar-refractivity contribution is 6.39. The van der Waals surface area contributed by atoms with E-state index in [0.29, 0.717) is 25.3 Å². The Balaban J connectivity index is 1.73. The number of benzene rings is 1. The van der Waals surface area contributed by atoms with Crippen LogP contribution in [0, 0.1) is 0 Å². The first-order valence-electron chi connectivity index (χ1n) is 8.41. The summed E-state index contributed by atoms with van der Waals surface area (Å²) in [5, 5.41) is 5.14. The standard InChI is InChI=1S/C19H23N3O3/c1-2-3-14-25-17-9-7-16(8-10-17)22-19(24)18(23)21-13-11-15-6-4-5-12-20-15/h4-10,12H,2-3,11,13-14H2,1H3,(H,21,23)(H,22,24). The predicted molar refractivity (Wildman–Crippen MR) is 96.4 cm³/mol. The number of anilines is 1. The maximum absolute atomic E-state index is 11.9. The van der Waals surface area contributed by atoms with Gasteiger partial charge in [-0.2, -0.15) is 0 Å². The zero-order valence-corrected chi connectivity index (χ0v) is 14.3. The Kier molecular flexibility index (Phi) is 7.43. The molecule has 1 aromatic heterocycles. The Labute approximate surface area is 147 Å². The van der Waals surface area contributed by atoms with Crippen molar-refractivity contribution in [3.63, 3.8) is 0 Å². The van der Waals surface area contributed by atoms with Crippen molar-refractivity contribution in [3.8, 4) is 5.75 Å². The van der Waals surface area contributed by atoms with E-state index in [0.717, 1.165) is 24.3 Å². The van der Waals surface area contributed by atoms with Gasteiger partial charge in [0.25, 0.3) is 0 Å². The third-order valence-corrected chi connectivity index (χ3v) is 3.48. The van der Waals surface area contributed by atoms with Crippen LogP contribution in [0.15, 0.2) is 48.7 Å². The smallest absolute Gasteiger partial charge is 0.313 e. The normalized spacial score (nSPS) is 10.1. The van der Waals surface area contributed by atoms with Crippen LogP contribution in [-0.2, 0) is 16.0 Å². The van der Waals surface area contributed by atoms with Crippen molar-refractivity contribution in [1.29, 1.82) is 0 Å². The largest absolute Gasteiger partial charge is 0.494 e. The van der Waals surface area contributed by atoms with E-state index >= 15 is 0 Å². The van der Waals surface area contributed by atoms with Gasteiger partial charge in [0.05, 0.1) is 6.61 Å². The molecule has 0 unspecified atom stereocenters. The molecule has 0 fully saturated rings. The molecule has 2 aromatic rings. The van der Waals surface area contributed by atoms with Crippen LogP contribution in [0.2, 0.25) is 0 Å². The van der Waals surface area contributed by atoms with Crippen LogP contribution in [0.1, 0.15) is 25.5 Å². The Morgan fingerprint density at radius 2 is 1.88 bits per heavy atom. The SMILES string of the molecule is CCCCOc1ccc(NC(=O)C(=O)NCCc2ccccn2)cc1. The summed E-state index contributed by atoms with van der Waals surface area (Å²) in [5.74, 6) is -0.619. The predicted octanol–water partition coefficient (Wildman–Crippen LogP) is 2.56. The number of carbonyl (C=O) groups excluding carboxylic acids is 2. The second kappa shape index (κ2) is 10.1. The fraction of sp³-hybridized carbons (Fsp3) is 0.316. The topological polar surface area (TPSA) is 80.3 Å². The molecular weight excluding hydrogens is 318 g/mol. The Morgan fingerprint density at radius 1 is 1.08 bits per heavy atom. The molecule has 0 aliphatic carbocycles. The van der Waals surface area contributed by atoms with Gasteiger partial charge in [0, 0.05) is 30.5 Å². The number of aromatic nitrogens is 1. The van der Waals surface area contributed by atoms with Crippen LogP contribution < -0.4 is 15.4 Å². The molecule has 0 aliphatic heterocycles. The molecule has 1 heterocycles. The van der Waals surface area contributed by atoms with Gasteiger partial charge in [-0.25, -0.2) is 0 Å². The minimum absolute atomic E-state index is 0.355. The quantitative estimate of drug-likeness (QED) is 0.571. The maximum Gasteiger partial charge on any atom is 0.313 e. The first kappa shape index (κ1) is 18.4. The number of ether oxygens (including phenoxy) is 1. The molecule has 2 rings (SSSR count). The zero-order chi connectivity index (χ0) is 17.9. The summed E-state index contributed by atoms with van der Waals surface area (Å²) in [5.41, 5.74) is 1.41. The Bertz CT molecular complexity index is 672. The first-order valence-corrected chi connectivity index (χ1v) is 8.41. The number of carbonyl (C=O) groups is 2. The lowest BCUT2D eigenvalue weighted by Gasteiger charge is -2.08. The van der Waals surface area contributed by atoms with Crippen molar-refractivity contribution >= 4 is 17.5 Å². The first-order chi connectivity index (χ1) is 12.2. The highest BCUT2D eigenvalue weighted by Gasteiger charge is 2.13. The molecule has 1 aromatic carbocycles. The lowest BCUT2D eigenvalue weighted by molar-refractivity contribution is -0.136. The summed E-state index contributed by atoms with van der Waals surface area (Å²) >= 11 is 0.